The van der Waals surface area contributed by atoms with Crippen LogP contribution in [0.25, 0.3) is 0 Å². The molecule has 0 saturated carbocycles. The molecular weight excluding hydrogens is 267 g/mol. The van der Waals surface area contributed by atoms with Crippen molar-refractivity contribution in [1.29, 1.82) is 0 Å². The van der Waals surface area contributed by atoms with Crippen molar-refractivity contribution in [3.8, 4) is 5.75 Å². The number of hydrogen-bond donors (Lipinski definition) is 0. The van der Waals surface area contributed by atoms with Crippen LogP contribution in [0.1, 0.15) is 5.56 Å². The molecule has 1 aliphatic heterocycles. The molecular formula is C9H7IO2. The number of halogens is 1. The minimum absolute atomic E-state index is 0.159. The van der Waals surface area contributed by atoms with E-state index in [1.165, 1.54) is 0 Å². The molecule has 1 aromatic carbocycles. The number of rotatable bonds is 0. The van der Waals surface area contributed by atoms with Crippen LogP contribution in [0.2, 0.25) is 0 Å². The van der Waals surface area contributed by atoms with E-state index in [0.29, 0.717) is 6.42 Å². The highest BCUT2D eigenvalue weighted by Gasteiger charge is 2.18. The summed E-state index contributed by atoms with van der Waals surface area (Å²) in [5.41, 5.74) is 1.04. The third-order valence-corrected chi connectivity index (χ3v) is 2.85. The van der Waals surface area contributed by atoms with Crippen LogP contribution in [0.3, 0.4) is 0 Å². The molecule has 0 unspecified atom stereocenters. The second-order valence-electron chi connectivity index (χ2n) is 2.72. The number of fused-ring (bicyclic) bond motifs is 1. The third-order valence-electron chi connectivity index (χ3n) is 1.84. The minimum Gasteiger partial charge on any atom is -0.485 e. The van der Waals surface area contributed by atoms with Gasteiger partial charge in [-0.25, -0.2) is 0 Å². The van der Waals surface area contributed by atoms with Crippen molar-refractivity contribution in [3.63, 3.8) is 0 Å². The van der Waals surface area contributed by atoms with Gasteiger partial charge in [-0.05, 0) is 34.7 Å². The molecule has 0 saturated heterocycles. The zero-order valence-corrected chi connectivity index (χ0v) is 8.50. The lowest BCUT2D eigenvalue weighted by Gasteiger charge is -2.16. The van der Waals surface area contributed by atoms with E-state index in [9.17, 15) is 4.79 Å². The molecule has 0 aromatic heterocycles. The second kappa shape index (κ2) is 3.05. The molecule has 0 spiro atoms. The largest absolute Gasteiger partial charge is 0.485 e. The Kier molecular flexibility index (Phi) is 2.04. The fraction of sp³-hybridized carbons (Fsp3) is 0.222. The Morgan fingerprint density at radius 3 is 3.08 bits per heavy atom. The summed E-state index contributed by atoms with van der Waals surface area (Å²) in [6.45, 7) is 0.229. The molecule has 0 N–H and O–H groups in total. The van der Waals surface area contributed by atoms with E-state index in [0.717, 1.165) is 14.9 Å². The maximum Gasteiger partial charge on any atom is 0.174 e. The third kappa shape index (κ3) is 1.33. The monoisotopic (exact) mass is 274 g/mol. The Morgan fingerprint density at radius 1 is 1.42 bits per heavy atom. The molecule has 0 atom stereocenters. The topological polar surface area (TPSA) is 26.3 Å². The number of ether oxygens (including phenoxy) is 1. The van der Waals surface area contributed by atoms with Gasteiger partial charge in [0.15, 0.2) is 5.78 Å². The molecule has 0 fully saturated rings. The number of benzene rings is 1. The number of ketones is 1. The summed E-state index contributed by atoms with van der Waals surface area (Å²) >= 11 is 2.22. The highest BCUT2D eigenvalue weighted by Crippen LogP contribution is 2.27. The van der Waals surface area contributed by atoms with E-state index in [1.54, 1.807) is 0 Å². The highest BCUT2D eigenvalue weighted by atomic mass is 127. The minimum atomic E-state index is 0.159. The lowest BCUT2D eigenvalue weighted by Crippen LogP contribution is -2.20. The van der Waals surface area contributed by atoms with Crippen molar-refractivity contribution < 1.29 is 9.53 Å². The van der Waals surface area contributed by atoms with E-state index < -0.39 is 0 Å². The normalized spacial score (nSPS) is 15.2. The Labute approximate surface area is 84.1 Å². The van der Waals surface area contributed by atoms with Crippen LogP contribution in [0.5, 0.6) is 5.75 Å². The number of carbonyl (C=O) groups excluding carboxylic acids is 1. The molecule has 2 rings (SSSR count). The van der Waals surface area contributed by atoms with Crippen molar-refractivity contribution in [2.24, 2.45) is 0 Å². The molecule has 62 valence electrons. The number of hydrogen-bond acceptors (Lipinski definition) is 2. The van der Waals surface area contributed by atoms with Crippen molar-refractivity contribution in [2.45, 2.75) is 6.42 Å². The van der Waals surface area contributed by atoms with Gasteiger partial charge < -0.3 is 4.74 Å². The number of carbonyl (C=O) groups is 1. The SMILES string of the molecule is O=C1COc2cccc(I)c2C1. The van der Waals surface area contributed by atoms with Crippen molar-refractivity contribution in [3.05, 3.63) is 27.3 Å². The van der Waals surface area contributed by atoms with Gasteiger partial charge in [-0.15, -0.1) is 0 Å². The summed E-state index contributed by atoms with van der Waals surface area (Å²) in [7, 11) is 0. The molecule has 3 heteroatoms. The zero-order valence-electron chi connectivity index (χ0n) is 6.34. The molecule has 2 nitrogen and oxygen atoms in total. The van der Waals surface area contributed by atoms with Crippen LogP contribution < -0.4 is 4.74 Å². The molecule has 0 bridgehead atoms. The average Bonchev–Trinajstić information content (AvgIpc) is 2.07. The van der Waals surface area contributed by atoms with Crippen LogP contribution in [0, 0.1) is 3.57 Å². The van der Waals surface area contributed by atoms with Gasteiger partial charge in [-0.2, -0.15) is 0 Å². The smallest absolute Gasteiger partial charge is 0.174 e. The molecule has 0 amide bonds. The van der Waals surface area contributed by atoms with Gasteiger partial charge in [0, 0.05) is 15.6 Å². The van der Waals surface area contributed by atoms with E-state index in [1.807, 2.05) is 18.2 Å². The zero-order chi connectivity index (χ0) is 8.55. The van der Waals surface area contributed by atoms with Gasteiger partial charge in [0.05, 0.1) is 0 Å². The summed E-state index contributed by atoms with van der Waals surface area (Å²) in [4.78, 5) is 11.0. The van der Waals surface area contributed by atoms with Crippen LogP contribution in [0.4, 0.5) is 0 Å². The fourth-order valence-electron chi connectivity index (χ4n) is 1.25. The van der Waals surface area contributed by atoms with Gasteiger partial charge in [0.1, 0.15) is 12.4 Å². The van der Waals surface area contributed by atoms with Gasteiger partial charge >= 0.3 is 0 Å². The predicted molar refractivity (Wildman–Crippen MR) is 53.4 cm³/mol. The summed E-state index contributed by atoms with van der Waals surface area (Å²) < 4.78 is 6.37. The second-order valence-corrected chi connectivity index (χ2v) is 3.88. The maximum absolute atomic E-state index is 11.0. The Bertz CT molecular complexity index is 333. The molecule has 1 aromatic rings. The Morgan fingerprint density at radius 2 is 2.25 bits per heavy atom. The van der Waals surface area contributed by atoms with Gasteiger partial charge in [-0.1, -0.05) is 6.07 Å². The quantitative estimate of drug-likeness (QED) is 0.674. The first kappa shape index (κ1) is 8.04. The molecule has 0 radical (unpaired) electrons. The number of Topliss-reactive ketones (excluding diaryl/α,β-unsaturated/α-hetero) is 1. The van der Waals surface area contributed by atoms with Gasteiger partial charge in [-0.3, -0.25) is 4.79 Å². The van der Waals surface area contributed by atoms with Crippen molar-refractivity contribution in [2.75, 3.05) is 6.61 Å². The first-order valence-electron chi connectivity index (χ1n) is 3.69. The maximum atomic E-state index is 11.0. The van der Waals surface area contributed by atoms with Crippen molar-refractivity contribution in [1.82, 2.24) is 0 Å². The van der Waals surface area contributed by atoms with Crippen molar-refractivity contribution >= 4 is 28.4 Å². The van der Waals surface area contributed by atoms with E-state index in [4.69, 9.17) is 4.74 Å². The molecule has 0 aliphatic carbocycles. The Balaban J connectivity index is 2.50. The summed E-state index contributed by atoms with van der Waals surface area (Å²) in [5, 5.41) is 0. The van der Waals surface area contributed by atoms with E-state index in [2.05, 4.69) is 22.6 Å². The highest BCUT2D eigenvalue weighted by molar-refractivity contribution is 14.1. The molecule has 1 aliphatic rings. The Hall–Kier alpha value is -0.580. The summed E-state index contributed by atoms with van der Waals surface area (Å²) in [5.74, 6) is 1.02. The standard InChI is InChI=1S/C9H7IO2/c10-8-2-1-3-9-7(8)4-6(11)5-12-9/h1-3H,4-5H2. The van der Waals surface area contributed by atoms with Crippen LogP contribution >= 0.6 is 22.6 Å². The first-order valence-corrected chi connectivity index (χ1v) is 4.77. The average molecular weight is 274 g/mol. The summed E-state index contributed by atoms with van der Waals surface area (Å²) in [6, 6.07) is 5.84. The van der Waals surface area contributed by atoms with Crippen LogP contribution in [0.15, 0.2) is 18.2 Å². The van der Waals surface area contributed by atoms with Gasteiger partial charge in [0.2, 0.25) is 0 Å². The molecule has 1 heterocycles. The van der Waals surface area contributed by atoms with Gasteiger partial charge in [0.25, 0.3) is 0 Å². The predicted octanol–water partition coefficient (Wildman–Crippen LogP) is 1.80. The van der Waals surface area contributed by atoms with E-state index >= 15 is 0 Å². The lowest BCUT2D eigenvalue weighted by molar-refractivity contribution is -0.121. The fourth-order valence-corrected chi connectivity index (χ4v) is 1.92. The molecule has 12 heavy (non-hydrogen) atoms. The lowest BCUT2D eigenvalue weighted by atomic mass is 10.1. The first-order chi connectivity index (χ1) is 5.77. The van der Waals surface area contributed by atoms with Crippen LogP contribution in [-0.2, 0) is 11.2 Å². The van der Waals surface area contributed by atoms with E-state index in [-0.39, 0.29) is 12.4 Å². The van der Waals surface area contributed by atoms with Crippen LogP contribution in [-0.4, -0.2) is 12.4 Å². The summed E-state index contributed by atoms with van der Waals surface area (Å²) in [6.07, 6.45) is 0.522.